The molecular formula is C15H28Cl2F3N3O2. The lowest BCUT2D eigenvalue weighted by Crippen LogP contribution is -2.57. The van der Waals surface area contributed by atoms with Gasteiger partial charge in [-0.25, -0.2) is 0 Å². The lowest BCUT2D eigenvalue weighted by Gasteiger charge is -2.33. The summed E-state index contributed by atoms with van der Waals surface area (Å²) in [5.41, 5.74) is 5.25. The number of nitrogens with two attached hydrogens (primary N) is 1. The standard InChI is InChI=1S/C15H26F3N3O2.2ClH/c16-15(17,18)11-21-7-2-12(3-8-21)1-6-20-13(22)14(19)4-9-23-10-5-14;;/h12H,1-11,19H2,(H,20,22);2*1H. The summed E-state index contributed by atoms with van der Waals surface area (Å²) < 4.78 is 42.2. The minimum Gasteiger partial charge on any atom is -0.381 e. The molecule has 150 valence electrons. The topological polar surface area (TPSA) is 67.6 Å². The van der Waals surface area contributed by atoms with Gasteiger partial charge < -0.3 is 15.8 Å². The van der Waals surface area contributed by atoms with Gasteiger partial charge in [-0.2, -0.15) is 13.2 Å². The van der Waals surface area contributed by atoms with E-state index in [0.717, 1.165) is 19.3 Å². The van der Waals surface area contributed by atoms with Crippen molar-refractivity contribution in [1.29, 1.82) is 0 Å². The summed E-state index contributed by atoms with van der Waals surface area (Å²) in [6.07, 6.45) is -0.803. The first-order valence-electron chi connectivity index (χ1n) is 8.22. The van der Waals surface area contributed by atoms with E-state index in [1.54, 1.807) is 0 Å². The number of alkyl halides is 3. The molecule has 1 amide bonds. The smallest absolute Gasteiger partial charge is 0.381 e. The molecule has 0 atom stereocenters. The summed E-state index contributed by atoms with van der Waals surface area (Å²) in [6, 6.07) is 0. The van der Waals surface area contributed by atoms with Crippen molar-refractivity contribution in [3.8, 4) is 0 Å². The number of ether oxygens (including phenoxy) is 1. The lowest BCUT2D eigenvalue weighted by molar-refractivity contribution is -0.148. The molecule has 2 fully saturated rings. The van der Waals surface area contributed by atoms with E-state index >= 15 is 0 Å². The minimum absolute atomic E-state index is 0. The maximum Gasteiger partial charge on any atom is 0.401 e. The molecule has 0 bridgehead atoms. The lowest BCUT2D eigenvalue weighted by atomic mass is 9.90. The Kier molecular flexibility index (Phi) is 10.6. The number of piperidine rings is 1. The van der Waals surface area contributed by atoms with Crippen LogP contribution in [0, 0.1) is 5.92 Å². The van der Waals surface area contributed by atoms with Crippen LogP contribution in [0.5, 0.6) is 0 Å². The van der Waals surface area contributed by atoms with E-state index in [1.165, 1.54) is 4.90 Å². The van der Waals surface area contributed by atoms with Gasteiger partial charge in [-0.15, -0.1) is 24.8 Å². The highest BCUT2D eigenvalue weighted by Gasteiger charge is 2.36. The predicted molar refractivity (Wildman–Crippen MR) is 94.3 cm³/mol. The third-order valence-corrected chi connectivity index (χ3v) is 4.79. The van der Waals surface area contributed by atoms with E-state index in [-0.39, 0.29) is 30.7 Å². The van der Waals surface area contributed by atoms with Crippen LogP contribution >= 0.6 is 24.8 Å². The van der Waals surface area contributed by atoms with E-state index in [1.807, 2.05) is 0 Å². The van der Waals surface area contributed by atoms with Gasteiger partial charge in [0, 0.05) is 19.8 Å². The van der Waals surface area contributed by atoms with Crippen LogP contribution in [0.2, 0.25) is 0 Å². The molecule has 2 aliphatic rings. The second-order valence-electron chi connectivity index (χ2n) is 6.65. The zero-order valence-electron chi connectivity index (χ0n) is 14.1. The molecular weight excluding hydrogens is 382 g/mol. The molecule has 10 heteroatoms. The van der Waals surface area contributed by atoms with Crippen LogP contribution in [0.4, 0.5) is 13.2 Å². The summed E-state index contributed by atoms with van der Waals surface area (Å²) in [5, 5.41) is 2.88. The summed E-state index contributed by atoms with van der Waals surface area (Å²) in [4.78, 5) is 13.6. The van der Waals surface area contributed by atoms with Crippen molar-refractivity contribution in [2.75, 3.05) is 39.4 Å². The van der Waals surface area contributed by atoms with Crippen molar-refractivity contribution < 1.29 is 22.7 Å². The number of halogens is 5. The molecule has 0 aromatic heterocycles. The molecule has 2 heterocycles. The van der Waals surface area contributed by atoms with Gasteiger partial charge in [0.2, 0.25) is 5.91 Å². The molecule has 2 aliphatic heterocycles. The van der Waals surface area contributed by atoms with Crippen molar-refractivity contribution in [1.82, 2.24) is 10.2 Å². The Morgan fingerprint density at radius 2 is 1.76 bits per heavy atom. The molecule has 2 saturated heterocycles. The Hall–Kier alpha value is -0.280. The highest BCUT2D eigenvalue weighted by Crippen LogP contribution is 2.24. The second-order valence-corrected chi connectivity index (χ2v) is 6.65. The molecule has 5 nitrogen and oxygen atoms in total. The number of rotatable bonds is 5. The Morgan fingerprint density at radius 1 is 1.20 bits per heavy atom. The van der Waals surface area contributed by atoms with Crippen LogP contribution in [0.15, 0.2) is 0 Å². The Morgan fingerprint density at radius 3 is 2.28 bits per heavy atom. The number of amides is 1. The molecule has 2 rings (SSSR count). The summed E-state index contributed by atoms with van der Waals surface area (Å²) in [6.45, 7) is 1.65. The zero-order chi connectivity index (χ0) is 16.9. The van der Waals surface area contributed by atoms with Gasteiger partial charge in [-0.1, -0.05) is 0 Å². The quantitative estimate of drug-likeness (QED) is 0.729. The number of carbonyl (C=O) groups is 1. The largest absolute Gasteiger partial charge is 0.401 e. The first-order valence-corrected chi connectivity index (χ1v) is 8.22. The van der Waals surface area contributed by atoms with Crippen LogP contribution in [0.1, 0.15) is 32.1 Å². The van der Waals surface area contributed by atoms with Gasteiger partial charge in [-0.05, 0) is 51.1 Å². The maximum atomic E-state index is 12.3. The summed E-state index contributed by atoms with van der Waals surface area (Å²) in [7, 11) is 0. The Balaban J connectivity index is 0.00000288. The maximum absolute atomic E-state index is 12.3. The molecule has 3 N–H and O–H groups in total. The Bertz CT molecular complexity index is 400. The highest BCUT2D eigenvalue weighted by molar-refractivity contribution is 5.86. The van der Waals surface area contributed by atoms with Crippen LogP contribution in [0.25, 0.3) is 0 Å². The summed E-state index contributed by atoms with van der Waals surface area (Å²) in [5.74, 6) is 0.221. The average molecular weight is 410 g/mol. The van der Waals surface area contributed by atoms with Gasteiger partial charge >= 0.3 is 6.18 Å². The number of nitrogens with one attached hydrogen (secondary N) is 1. The normalized spacial score (nSPS) is 21.8. The van der Waals surface area contributed by atoms with Gasteiger partial charge in [-0.3, -0.25) is 9.69 Å². The molecule has 0 radical (unpaired) electrons. The zero-order valence-corrected chi connectivity index (χ0v) is 15.8. The van der Waals surface area contributed by atoms with Crippen molar-refractivity contribution in [3.63, 3.8) is 0 Å². The van der Waals surface area contributed by atoms with E-state index < -0.39 is 18.3 Å². The van der Waals surface area contributed by atoms with Crippen LogP contribution < -0.4 is 11.1 Å². The Labute approximate surface area is 159 Å². The molecule has 0 aromatic carbocycles. The van der Waals surface area contributed by atoms with Crippen molar-refractivity contribution in [3.05, 3.63) is 0 Å². The van der Waals surface area contributed by atoms with Crippen molar-refractivity contribution in [2.24, 2.45) is 11.7 Å². The molecule has 25 heavy (non-hydrogen) atoms. The fourth-order valence-electron chi connectivity index (χ4n) is 3.22. The summed E-state index contributed by atoms with van der Waals surface area (Å²) >= 11 is 0. The number of hydrogen-bond donors (Lipinski definition) is 2. The third-order valence-electron chi connectivity index (χ3n) is 4.79. The predicted octanol–water partition coefficient (Wildman–Crippen LogP) is 2.12. The SMILES string of the molecule is Cl.Cl.NC1(C(=O)NCCC2CCN(CC(F)(F)F)CC2)CCOCC1. The fourth-order valence-corrected chi connectivity index (χ4v) is 3.22. The molecule has 0 saturated carbocycles. The fraction of sp³-hybridized carbons (Fsp3) is 0.933. The van der Waals surface area contributed by atoms with E-state index in [4.69, 9.17) is 10.5 Å². The van der Waals surface area contributed by atoms with Crippen LogP contribution in [-0.4, -0.2) is 61.9 Å². The first-order chi connectivity index (χ1) is 10.8. The van der Waals surface area contributed by atoms with Crippen molar-refractivity contribution in [2.45, 2.75) is 43.8 Å². The number of likely N-dealkylation sites (tertiary alicyclic amines) is 1. The van der Waals surface area contributed by atoms with Crippen LogP contribution in [0.3, 0.4) is 0 Å². The highest BCUT2D eigenvalue weighted by atomic mass is 35.5. The van der Waals surface area contributed by atoms with Gasteiger partial charge in [0.25, 0.3) is 0 Å². The third kappa shape index (κ3) is 8.30. The van der Waals surface area contributed by atoms with E-state index in [0.29, 0.717) is 51.6 Å². The number of nitrogens with zero attached hydrogens (tertiary/aromatic N) is 1. The minimum atomic E-state index is -4.13. The first kappa shape index (κ1) is 24.7. The van der Waals surface area contributed by atoms with Crippen molar-refractivity contribution >= 4 is 30.7 Å². The van der Waals surface area contributed by atoms with Crippen LogP contribution in [-0.2, 0) is 9.53 Å². The monoisotopic (exact) mass is 409 g/mol. The molecule has 0 unspecified atom stereocenters. The second kappa shape index (κ2) is 10.8. The molecule has 0 spiro atoms. The van der Waals surface area contributed by atoms with E-state index in [9.17, 15) is 18.0 Å². The van der Waals surface area contributed by atoms with Gasteiger partial charge in [0.1, 0.15) is 0 Å². The van der Waals surface area contributed by atoms with Gasteiger partial charge in [0.05, 0.1) is 12.1 Å². The number of carbonyl (C=O) groups excluding carboxylic acids is 1. The molecule has 0 aliphatic carbocycles. The van der Waals surface area contributed by atoms with Gasteiger partial charge in [0.15, 0.2) is 0 Å². The average Bonchev–Trinajstić information content (AvgIpc) is 2.48. The number of hydrogen-bond acceptors (Lipinski definition) is 4. The van der Waals surface area contributed by atoms with E-state index in [2.05, 4.69) is 5.32 Å². The molecule has 0 aromatic rings.